The molecule has 80 valence electrons. The first kappa shape index (κ1) is 9.17. The monoisotopic (exact) mass is 194 g/mol. The van der Waals surface area contributed by atoms with E-state index in [1.165, 1.54) is 51.4 Å². The Kier molecular flexibility index (Phi) is 2.50. The summed E-state index contributed by atoms with van der Waals surface area (Å²) in [5, 5.41) is 7.79. The second-order valence-corrected chi connectivity index (χ2v) is 5.33. The highest BCUT2D eigenvalue weighted by molar-refractivity contribution is 5.00. The van der Waals surface area contributed by atoms with Gasteiger partial charge in [0.05, 0.1) is 0 Å². The molecule has 4 atom stereocenters. The molecule has 0 amide bonds. The molecule has 1 saturated heterocycles. The SMILES string of the molecule is C1CCC2NC3CCCCC3NC2C1. The van der Waals surface area contributed by atoms with Gasteiger partial charge in [0.15, 0.2) is 0 Å². The first-order valence-corrected chi connectivity index (χ1v) is 6.45. The molecule has 0 aromatic rings. The van der Waals surface area contributed by atoms with Gasteiger partial charge >= 0.3 is 0 Å². The van der Waals surface area contributed by atoms with Gasteiger partial charge in [0.2, 0.25) is 0 Å². The molecule has 1 aliphatic heterocycles. The summed E-state index contributed by atoms with van der Waals surface area (Å²) >= 11 is 0. The van der Waals surface area contributed by atoms with E-state index in [4.69, 9.17) is 0 Å². The van der Waals surface area contributed by atoms with Gasteiger partial charge in [-0.25, -0.2) is 0 Å². The number of piperazine rings is 1. The third kappa shape index (κ3) is 1.59. The Morgan fingerprint density at radius 3 is 1.07 bits per heavy atom. The van der Waals surface area contributed by atoms with Gasteiger partial charge in [-0.3, -0.25) is 0 Å². The molecule has 3 fully saturated rings. The van der Waals surface area contributed by atoms with E-state index in [0.717, 1.165) is 24.2 Å². The molecule has 2 N–H and O–H groups in total. The molecule has 0 radical (unpaired) electrons. The molecular formula is C12H22N2. The van der Waals surface area contributed by atoms with Crippen LogP contribution in [0.15, 0.2) is 0 Å². The van der Waals surface area contributed by atoms with Crippen molar-refractivity contribution >= 4 is 0 Å². The highest BCUT2D eigenvalue weighted by Gasteiger charge is 2.37. The van der Waals surface area contributed by atoms with Crippen LogP contribution in [0.4, 0.5) is 0 Å². The number of hydrogen-bond donors (Lipinski definition) is 2. The Bertz CT molecular complexity index is 162. The zero-order valence-electron chi connectivity index (χ0n) is 8.97. The van der Waals surface area contributed by atoms with E-state index in [1.807, 2.05) is 0 Å². The normalized spacial score (nSPS) is 48.0. The second kappa shape index (κ2) is 3.82. The molecule has 2 aliphatic carbocycles. The van der Waals surface area contributed by atoms with Crippen molar-refractivity contribution in [2.24, 2.45) is 0 Å². The Morgan fingerprint density at radius 1 is 0.500 bits per heavy atom. The lowest BCUT2D eigenvalue weighted by molar-refractivity contribution is 0.138. The van der Waals surface area contributed by atoms with Crippen LogP contribution in [0, 0.1) is 0 Å². The van der Waals surface area contributed by atoms with E-state index in [2.05, 4.69) is 10.6 Å². The quantitative estimate of drug-likeness (QED) is 0.614. The van der Waals surface area contributed by atoms with Gasteiger partial charge in [-0.05, 0) is 25.7 Å². The van der Waals surface area contributed by atoms with Crippen molar-refractivity contribution in [2.45, 2.75) is 75.5 Å². The van der Waals surface area contributed by atoms with Crippen LogP contribution in [0.1, 0.15) is 51.4 Å². The Morgan fingerprint density at radius 2 is 0.786 bits per heavy atom. The third-order valence-corrected chi connectivity index (χ3v) is 4.39. The van der Waals surface area contributed by atoms with Crippen LogP contribution in [0.3, 0.4) is 0 Å². The topological polar surface area (TPSA) is 24.1 Å². The van der Waals surface area contributed by atoms with Crippen LogP contribution in [-0.2, 0) is 0 Å². The van der Waals surface area contributed by atoms with E-state index < -0.39 is 0 Å². The highest BCUT2D eigenvalue weighted by atomic mass is 15.2. The molecule has 0 aromatic carbocycles. The molecule has 3 rings (SSSR count). The minimum Gasteiger partial charge on any atom is -0.308 e. The minimum atomic E-state index is 0.795. The zero-order chi connectivity index (χ0) is 9.38. The number of nitrogens with one attached hydrogen (secondary N) is 2. The van der Waals surface area contributed by atoms with Crippen molar-refractivity contribution in [3.05, 3.63) is 0 Å². The van der Waals surface area contributed by atoms with Gasteiger partial charge in [0.1, 0.15) is 0 Å². The smallest absolute Gasteiger partial charge is 0.0224 e. The maximum atomic E-state index is 3.89. The van der Waals surface area contributed by atoms with E-state index >= 15 is 0 Å². The lowest BCUT2D eigenvalue weighted by Crippen LogP contribution is -2.67. The Labute approximate surface area is 86.8 Å². The van der Waals surface area contributed by atoms with Crippen molar-refractivity contribution in [3.63, 3.8) is 0 Å². The summed E-state index contributed by atoms with van der Waals surface area (Å²) in [6.07, 6.45) is 11.4. The van der Waals surface area contributed by atoms with Crippen molar-refractivity contribution in [1.82, 2.24) is 10.6 Å². The summed E-state index contributed by atoms with van der Waals surface area (Å²) in [6.45, 7) is 0. The molecular weight excluding hydrogens is 172 g/mol. The van der Waals surface area contributed by atoms with Crippen molar-refractivity contribution < 1.29 is 0 Å². The first-order valence-electron chi connectivity index (χ1n) is 6.45. The standard InChI is InChI=1S/C12H22N2/c1-2-6-10-9(5-1)13-11-7-3-4-8-12(11)14-10/h9-14H,1-8H2. The van der Waals surface area contributed by atoms with Crippen LogP contribution >= 0.6 is 0 Å². The van der Waals surface area contributed by atoms with Crippen molar-refractivity contribution in [2.75, 3.05) is 0 Å². The largest absolute Gasteiger partial charge is 0.308 e. The summed E-state index contributed by atoms with van der Waals surface area (Å²) in [6, 6.07) is 3.18. The predicted octanol–water partition coefficient (Wildman–Crippen LogP) is 1.80. The Balaban J connectivity index is 1.68. The van der Waals surface area contributed by atoms with Gasteiger partial charge in [0, 0.05) is 24.2 Å². The van der Waals surface area contributed by atoms with Crippen LogP contribution in [-0.4, -0.2) is 24.2 Å². The summed E-state index contributed by atoms with van der Waals surface area (Å²) in [5.74, 6) is 0. The van der Waals surface area contributed by atoms with Crippen molar-refractivity contribution in [1.29, 1.82) is 0 Å². The maximum Gasteiger partial charge on any atom is 0.0224 e. The predicted molar refractivity (Wildman–Crippen MR) is 58.4 cm³/mol. The molecule has 0 bridgehead atoms. The average molecular weight is 194 g/mol. The second-order valence-electron chi connectivity index (χ2n) is 5.33. The molecule has 0 aromatic heterocycles. The van der Waals surface area contributed by atoms with Gasteiger partial charge in [-0.2, -0.15) is 0 Å². The fourth-order valence-corrected chi connectivity index (χ4v) is 3.61. The molecule has 4 unspecified atom stereocenters. The van der Waals surface area contributed by atoms with E-state index in [0.29, 0.717) is 0 Å². The van der Waals surface area contributed by atoms with Crippen LogP contribution in [0.2, 0.25) is 0 Å². The van der Waals surface area contributed by atoms with Crippen LogP contribution < -0.4 is 10.6 Å². The molecule has 2 saturated carbocycles. The van der Waals surface area contributed by atoms with Gasteiger partial charge in [-0.1, -0.05) is 25.7 Å². The van der Waals surface area contributed by atoms with Crippen molar-refractivity contribution in [3.8, 4) is 0 Å². The van der Waals surface area contributed by atoms with E-state index in [-0.39, 0.29) is 0 Å². The lowest BCUT2D eigenvalue weighted by atomic mass is 9.81. The summed E-state index contributed by atoms with van der Waals surface area (Å²) in [4.78, 5) is 0. The fraction of sp³-hybridized carbons (Fsp3) is 1.00. The molecule has 14 heavy (non-hydrogen) atoms. The average Bonchev–Trinajstić information content (AvgIpc) is 2.26. The summed E-state index contributed by atoms with van der Waals surface area (Å²) in [5.41, 5.74) is 0. The highest BCUT2D eigenvalue weighted by Crippen LogP contribution is 2.28. The number of hydrogen-bond acceptors (Lipinski definition) is 2. The van der Waals surface area contributed by atoms with Crippen LogP contribution in [0.25, 0.3) is 0 Å². The number of rotatable bonds is 0. The van der Waals surface area contributed by atoms with Gasteiger partial charge in [0.25, 0.3) is 0 Å². The zero-order valence-corrected chi connectivity index (χ0v) is 8.97. The van der Waals surface area contributed by atoms with Crippen LogP contribution in [0.5, 0.6) is 0 Å². The molecule has 2 nitrogen and oxygen atoms in total. The van der Waals surface area contributed by atoms with E-state index in [1.54, 1.807) is 0 Å². The summed E-state index contributed by atoms with van der Waals surface area (Å²) < 4.78 is 0. The molecule has 0 spiro atoms. The Hall–Kier alpha value is -0.0800. The van der Waals surface area contributed by atoms with E-state index in [9.17, 15) is 0 Å². The minimum absolute atomic E-state index is 0.795. The van der Waals surface area contributed by atoms with Gasteiger partial charge < -0.3 is 10.6 Å². The number of fused-ring (bicyclic) bond motifs is 2. The summed E-state index contributed by atoms with van der Waals surface area (Å²) in [7, 11) is 0. The third-order valence-electron chi connectivity index (χ3n) is 4.39. The molecule has 3 aliphatic rings. The van der Waals surface area contributed by atoms with Gasteiger partial charge in [-0.15, -0.1) is 0 Å². The first-order chi connectivity index (χ1) is 6.93. The molecule has 2 heteroatoms. The maximum absolute atomic E-state index is 3.89. The lowest BCUT2D eigenvalue weighted by Gasteiger charge is -2.47. The fourth-order valence-electron chi connectivity index (χ4n) is 3.61. The molecule has 1 heterocycles.